The minimum atomic E-state index is -2.35. The van der Waals surface area contributed by atoms with Crippen LogP contribution in [0.5, 0.6) is 0 Å². The van der Waals surface area contributed by atoms with Gasteiger partial charge in [-0.05, 0) is 12.8 Å². The molecule has 0 saturated heterocycles. The van der Waals surface area contributed by atoms with Gasteiger partial charge in [-0.25, -0.2) is 4.98 Å². The van der Waals surface area contributed by atoms with E-state index >= 15 is 0 Å². The predicted octanol–water partition coefficient (Wildman–Crippen LogP) is 3.62. The third-order valence-electron chi connectivity index (χ3n) is 2.97. The molecule has 1 unspecified atom stereocenters. The van der Waals surface area contributed by atoms with Crippen LogP contribution in [0.15, 0.2) is 18.7 Å². The van der Waals surface area contributed by atoms with E-state index in [-0.39, 0.29) is 0 Å². The molecule has 7 heteroatoms. The molecule has 1 aromatic rings. The maximum atomic E-state index is 5.36. The molecule has 0 saturated carbocycles. The summed E-state index contributed by atoms with van der Waals surface area (Å²) in [7, 11) is 2.63. The fraction of sp³-hybridized carbons (Fsp3) is 0.769. The maximum Gasteiger partial charge on any atom is 0.500 e. The number of unbranched alkanes of at least 4 members (excludes halogenated alkanes) is 1. The minimum Gasteiger partial charge on any atom is -0.377 e. The van der Waals surface area contributed by atoms with E-state index in [9.17, 15) is 0 Å². The first-order valence-electron chi connectivity index (χ1n) is 6.86. The van der Waals surface area contributed by atoms with Gasteiger partial charge in [-0.15, -0.1) is 0 Å². The average molecular weight is 367 g/mol. The molecule has 5 nitrogen and oxygen atoms in total. The second-order valence-corrected chi connectivity index (χ2v) is 8.72. The first kappa shape index (κ1) is 19.8. The molecule has 0 amide bonds. The summed E-state index contributed by atoms with van der Waals surface area (Å²) < 4.78 is 16.1. The lowest BCUT2D eigenvalue weighted by molar-refractivity contribution is 0.123. The van der Waals surface area contributed by atoms with Gasteiger partial charge in [0, 0.05) is 44.6 Å². The second-order valence-electron chi connectivity index (χ2n) is 4.33. The number of aromatic amines is 1. The smallest absolute Gasteiger partial charge is 0.377 e. The van der Waals surface area contributed by atoms with Crippen LogP contribution >= 0.6 is 15.9 Å². The van der Waals surface area contributed by atoms with Crippen LogP contribution in [0.4, 0.5) is 0 Å². The van der Waals surface area contributed by atoms with Gasteiger partial charge in [0.25, 0.3) is 0 Å². The lowest BCUT2D eigenvalue weighted by Gasteiger charge is -2.25. The quantitative estimate of drug-likeness (QED) is 0.535. The number of rotatable bonds is 9. The summed E-state index contributed by atoms with van der Waals surface area (Å²) in [5, 5.41) is 0. The Morgan fingerprint density at radius 3 is 2.20 bits per heavy atom. The van der Waals surface area contributed by atoms with Crippen LogP contribution in [0, 0.1) is 0 Å². The fourth-order valence-corrected chi connectivity index (χ4v) is 4.46. The molecule has 20 heavy (non-hydrogen) atoms. The number of alkyl halides is 1. The van der Waals surface area contributed by atoms with Crippen LogP contribution in [0.1, 0.15) is 32.6 Å². The zero-order valence-electron chi connectivity index (χ0n) is 12.9. The van der Waals surface area contributed by atoms with Gasteiger partial charge in [0.1, 0.15) is 0 Å². The summed E-state index contributed by atoms with van der Waals surface area (Å²) in [6, 6.07) is 0.871. The molecule has 0 radical (unpaired) electrons. The lowest BCUT2D eigenvalue weighted by atomic mass is 10.2. The number of H-pyrrole nitrogens is 1. The van der Waals surface area contributed by atoms with E-state index in [0.29, 0.717) is 4.83 Å². The Labute approximate surface area is 131 Å². The highest BCUT2D eigenvalue weighted by atomic mass is 79.9. The zero-order chi connectivity index (χ0) is 15.3. The van der Waals surface area contributed by atoms with Gasteiger partial charge in [-0.1, -0.05) is 35.7 Å². The highest BCUT2D eigenvalue weighted by Crippen LogP contribution is 2.22. The number of hydrogen-bond acceptors (Lipinski definition) is 4. The van der Waals surface area contributed by atoms with Crippen molar-refractivity contribution in [1.29, 1.82) is 0 Å². The van der Waals surface area contributed by atoms with E-state index in [4.69, 9.17) is 13.3 Å². The Morgan fingerprint density at radius 1 is 1.20 bits per heavy atom. The van der Waals surface area contributed by atoms with Crippen LogP contribution < -0.4 is 0 Å². The molecule has 0 aliphatic carbocycles. The number of halogens is 1. The number of nitrogens with one attached hydrogen (secondary N) is 1. The Morgan fingerprint density at radius 2 is 1.85 bits per heavy atom. The van der Waals surface area contributed by atoms with Crippen LogP contribution in [0.25, 0.3) is 0 Å². The van der Waals surface area contributed by atoms with Gasteiger partial charge in [-0.2, -0.15) is 0 Å². The molecule has 0 bridgehead atoms. The molecule has 1 aromatic heterocycles. The first-order chi connectivity index (χ1) is 9.64. The van der Waals surface area contributed by atoms with Crippen molar-refractivity contribution in [3.8, 4) is 0 Å². The molecule has 0 aliphatic heterocycles. The van der Waals surface area contributed by atoms with Crippen LogP contribution in [0.3, 0.4) is 0 Å². The second kappa shape index (κ2) is 12.5. The molecular weight excluding hydrogens is 340 g/mol. The number of imidazole rings is 1. The van der Waals surface area contributed by atoms with Crippen molar-refractivity contribution in [3.63, 3.8) is 0 Å². The van der Waals surface area contributed by atoms with Gasteiger partial charge in [0.05, 0.1) is 6.33 Å². The summed E-state index contributed by atoms with van der Waals surface area (Å²) in [5.41, 5.74) is 0. The lowest BCUT2D eigenvalue weighted by Crippen LogP contribution is -2.43. The van der Waals surface area contributed by atoms with E-state index in [0.717, 1.165) is 12.5 Å². The van der Waals surface area contributed by atoms with E-state index in [2.05, 4.69) is 32.8 Å². The molecule has 118 valence electrons. The van der Waals surface area contributed by atoms with Crippen LogP contribution in [0.2, 0.25) is 6.04 Å². The topological polar surface area (TPSA) is 56.4 Å². The van der Waals surface area contributed by atoms with E-state index in [1.54, 1.807) is 40.1 Å². The highest BCUT2D eigenvalue weighted by molar-refractivity contribution is 9.09. The first-order valence-corrected chi connectivity index (χ1v) is 9.71. The van der Waals surface area contributed by atoms with Gasteiger partial charge in [0.2, 0.25) is 0 Å². The summed E-state index contributed by atoms with van der Waals surface area (Å²) in [6.45, 7) is 2.21. The van der Waals surface area contributed by atoms with Crippen LogP contribution in [-0.2, 0) is 13.3 Å². The molecule has 0 aliphatic rings. The van der Waals surface area contributed by atoms with Crippen molar-refractivity contribution in [3.05, 3.63) is 18.7 Å². The molecule has 0 spiro atoms. The Kier molecular flexibility index (Phi) is 12.4. The molecule has 1 atom stereocenters. The number of aromatic nitrogens is 2. The SMILES string of the molecule is CCCCC(Br)CC[Si](OC)(OC)OC.c1c[nH]cn1. The number of nitrogens with zero attached hydrogens (tertiary/aromatic N) is 1. The van der Waals surface area contributed by atoms with Crippen molar-refractivity contribution in [2.75, 3.05) is 21.3 Å². The van der Waals surface area contributed by atoms with Gasteiger partial charge in [0.15, 0.2) is 0 Å². The van der Waals surface area contributed by atoms with Gasteiger partial charge < -0.3 is 18.3 Å². The number of hydrogen-bond donors (Lipinski definition) is 1. The Hall–Kier alpha value is -0.213. The summed E-state index contributed by atoms with van der Waals surface area (Å²) in [5.74, 6) is 0. The maximum absolute atomic E-state index is 5.36. The zero-order valence-corrected chi connectivity index (χ0v) is 15.5. The molecule has 1 N–H and O–H groups in total. The molecule has 1 heterocycles. The largest absolute Gasteiger partial charge is 0.500 e. The summed E-state index contributed by atoms with van der Waals surface area (Å²) >= 11 is 3.67. The standard InChI is InChI=1S/C10H23BrO3Si.C3H4N2/c1-5-6-7-10(11)8-9-15(12-2,13-3)14-4;1-2-5-3-4-1/h10H,5-9H2,1-4H3;1-3H,(H,4,5). The van der Waals surface area contributed by atoms with E-state index in [1.165, 1.54) is 19.3 Å². The van der Waals surface area contributed by atoms with Crippen molar-refractivity contribution in [2.45, 2.75) is 43.5 Å². The van der Waals surface area contributed by atoms with Gasteiger partial charge >= 0.3 is 8.80 Å². The third kappa shape index (κ3) is 8.86. The monoisotopic (exact) mass is 366 g/mol. The summed E-state index contributed by atoms with van der Waals surface area (Å²) in [4.78, 5) is 6.96. The Balaban J connectivity index is 0.000000595. The fourth-order valence-electron chi connectivity index (χ4n) is 1.67. The van der Waals surface area contributed by atoms with Crippen molar-refractivity contribution >= 4 is 24.7 Å². The van der Waals surface area contributed by atoms with Crippen molar-refractivity contribution in [1.82, 2.24) is 9.97 Å². The Bertz CT molecular complexity index is 272. The van der Waals surface area contributed by atoms with E-state index < -0.39 is 8.80 Å². The van der Waals surface area contributed by atoms with Crippen molar-refractivity contribution in [2.24, 2.45) is 0 Å². The normalized spacial score (nSPS) is 12.7. The predicted molar refractivity (Wildman–Crippen MR) is 87.0 cm³/mol. The minimum absolute atomic E-state index is 0.546. The molecular formula is C13H27BrN2O3Si. The molecule has 0 aromatic carbocycles. The molecule has 1 rings (SSSR count). The van der Waals surface area contributed by atoms with Crippen molar-refractivity contribution < 1.29 is 13.3 Å². The van der Waals surface area contributed by atoms with E-state index in [1.807, 2.05) is 0 Å². The van der Waals surface area contributed by atoms with Gasteiger partial charge in [-0.3, -0.25) is 0 Å². The summed E-state index contributed by atoms with van der Waals surface area (Å²) in [6.07, 6.45) is 9.83. The van der Waals surface area contributed by atoms with Crippen LogP contribution in [-0.4, -0.2) is 44.9 Å². The molecule has 0 fully saturated rings. The highest BCUT2D eigenvalue weighted by Gasteiger charge is 2.37. The third-order valence-corrected chi connectivity index (χ3v) is 6.66. The average Bonchev–Trinajstić information content (AvgIpc) is 3.06.